The van der Waals surface area contributed by atoms with Gasteiger partial charge in [-0.1, -0.05) is 24.4 Å². The van der Waals surface area contributed by atoms with E-state index in [1.165, 1.54) is 12.8 Å². The molecule has 0 heterocycles. The Balaban J connectivity index is 2.06. The van der Waals surface area contributed by atoms with E-state index < -0.39 is 0 Å². The van der Waals surface area contributed by atoms with Crippen LogP contribution in [0.5, 0.6) is 0 Å². The molecule has 0 aromatic heterocycles. The molecule has 1 aromatic carbocycles. The molecule has 23 heavy (non-hydrogen) atoms. The first-order valence-electron chi connectivity index (χ1n) is 8.23. The fourth-order valence-electron chi connectivity index (χ4n) is 2.68. The van der Waals surface area contributed by atoms with E-state index in [2.05, 4.69) is 4.99 Å². The van der Waals surface area contributed by atoms with Crippen LogP contribution >= 0.6 is 11.6 Å². The zero-order valence-electron chi connectivity index (χ0n) is 14.1. The molecular formula is C18H25ClN2O2. The number of ether oxygens (including phenoxy) is 1. The van der Waals surface area contributed by atoms with Gasteiger partial charge in [0, 0.05) is 13.6 Å². The van der Waals surface area contributed by atoms with E-state index in [4.69, 9.17) is 16.3 Å². The number of halogens is 1. The predicted octanol–water partition coefficient (Wildman–Crippen LogP) is 4.61. The summed E-state index contributed by atoms with van der Waals surface area (Å²) in [5.74, 6) is 0.223. The summed E-state index contributed by atoms with van der Waals surface area (Å²) in [5, 5.41) is 0.462. The normalized spacial score (nSPS) is 15.3. The Morgan fingerprint density at radius 1 is 1.43 bits per heavy atom. The van der Waals surface area contributed by atoms with Crippen molar-refractivity contribution in [2.45, 2.75) is 39.5 Å². The largest absolute Gasteiger partial charge is 0.462 e. The van der Waals surface area contributed by atoms with Gasteiger partial charge in [-0.05, 0) is 50.3 Å². The average Bonchev–Trinajstić information content (AvgIpc) is 3.06. The van der Waals surface area contributed by atoms with E-state index in [9.17, 15) is 4.79 Å². The predicted molar refractivity (Wildman–Crippen MR) is 94.9 cm³/mol. The van der Waals surface area contributed by atoms with Crippen LogP contribution in [-0.2, 0) is 4.74 Å². The second kappa shape index (κ2) is 8.34. The molecule has 0 saturated heterocycles. The summed E-state index contributed by atoms with van der Waals surface area (Å²) >= 11 is 6.26. The molecule has 1 aliphatic carbocycles. The number of hydrogen-bond acceptors (Lipinski definition) is 3. The Bertz CT molecular complexity index is 581. The van der Waals surface area contributed by atoms with E-state index in [-0.39, 0.29) is 5.97 Å². The number of nitrogens with zero attached hydrogens (tertiary/aromatic N) is 2. The summed E-state index contributed by atoms with van der Waals surface area (Å²) in [5.41, 5.74) is 2.02. The molecule has 0 radical (unpaired) electrons. The molecule has 1 aliphatic rings. The Labute approximate surface area is 143 Å². The Hall–Kier alpha value is -1.55. The van der Waals surface area contributed by atoms with Crippen molar-refractivity contribution < 1.29 is 9.53 Å². The maximum Gasteiger partial charge on any atom is 0.338 e. The van der Waals surface area contributed by atoms with Crippen molar-refractivity contribution >= 4 is 29.6 Å². The van der Waals surface area contributed by atoms with Crippen molar-refractivity contribution in [1.82, 2.24) is 4.90 Å². The fourth-order valence-corrected chi connectivity index (χ4v) is 2.89. The third kappa shape index (κ3) is 4.96. The molecule has 2 rings (SSSR count). The number of aliphatic imine (C=N–C) groups is 1. The second-order valence-corrected chi connectivity index (χ2v) is 6.59. The van der Waals surface area contributed by atoms with Gasteiger partial charge in [0.05, 0.1) is 29.2 Å². The fraction of sp³-hybridized carbons (Fsp3) is 0.556. The lowest BCUT2D eigenvalue weighted by atomic mass is 10.1. The number of esters is 1. The Morgan fingerprint density at radius 3 is 2.78 bits per heavy atom. The monoisotopic (exact) mass is 336 g/mol. The minimum atomic E-state index is -0.294. The molecule has 5 heteroatoms. The van der Waals surface area contributed by atoms with Crippen LogP contribution < -0.4 is 0 Å². The molecule has 126 valence electrons. The van der Waals surface area contributed by atoms with Gasteiger partial charge in [0.25, 0.3) is 0 Å². The quantitative estimate of drug-likeness (QED) is 0.433. The molecule has 0 N–H and O–H groups in total. The molecule has 0 bridgehead atoms. The molecule has 1 aromatic rings. The van der Waals surface area contributed by atoms with E-state index in [0.29, 0.717) is 28.8 Å². The lowest BCUT2D eigenvalue weighted by molar-refractivity contribution is 0.0442. The molecule has 0 unspecified atom stereocenters. The second-order valence-electron chi connectivity index (χ2n) is 6.19. The van der Waals surface area contributed by atoms with Crippen LogP contribution in [0.1, 0.15) is 48.5 Å². The van der Waals surface area contributed by atoms with Gasteiger partial charge in [-0.15, -0.1) is 0 Å². The van der Waals surface area contributed by atoms with Gasteiger partial charge in [0.15, 0.2) is 0 Å². The van der Waals surface area contributed by atoms with Gasteiger partial charge >= 0.3 is 5.97 Å². The van der Waals surface area contributed by atoms with Gasteiger partial charge in [0.2, 0.25) is 0 Å². The van der Waals surface area contributed by atoms with Crippen molar-refractivity contribution in [3.05, 3.63) is 28.3 Å². The van der Waals surface area contributed by atoms with Gasteiger partial charge in [-0.25, -0.2) is 9.79 Å². The molecule has 0 aliphatic heterocycles. The van der Waals surface area contributed by atoms with Gasteiger partial charge in [0.1, 0.15) is 0 Å². The SMILES string of the molecule is CCN(C)C=Nc1cc(C)c(C(=O)OCC2CCCC2)cc1Cl. The smallest absolute Gasteiger partial charge is 0.338 e. The van der Waals surface area contributed by atoms with E-state index in [1.807, 2.05) is 31.9 Å². The summed E-state index contributed by atoms with van der Waals surface area (Å²) in [4.78, 5) is 18.6. The first kappa shape index (κ1) is 17.8. The van der Waals surface area contributed by atoms with Crippen LogP contribution in [0.3, 0.4) is 0 Å². The molecule has 0 spiro atoms. The number of carbonyl (C=O) groups is 1. The summed E-state index contributed by atoms with van der Waals surface area (Å²) in [7, 11) is 1.94. The van der Waals surface area contributed by atoms with Crippen molar-refractivity contribution in [2.24, 2.45) is 10.9 Å². The highest BCUT2D eigenvalue weighted by molar-refractivity contribution is 6.33. The van der Waals surface area contributed by atoms with Crippen molar-refractivity contribution in [1.29, 1.82) is 0 Å². The first-order valence-corrected chi connectivity index (χ1v) is 8.60. The molecule has 0 atom stereocenters. The van der Waals surface area contributed by atoms with Crippen LogP contribution in [0.4, 0.5) is 5.69 Å². The minimum Gasteiger partial charge on any atom is -0.462 e. The summed E-state index contributed by atoms with van der Waals surface area (Å²) in [6.07, 6.45) is 6.54. The lowest BCUT2D eigenvalue weighted by Crippen LogP contribution is -2.14. The van der Waals surface area contributed by atoms with Crippen molar-refractivity contribution in [3.63, 3.8) is 0 Å². The van der Waals surface area contributed by atoms with Crippen LogP contribution in [0.2, 0.25) is 5.02 Å². The van der Waals surface area contributed by atoms with Gasteiger partial charge in [-0.2, -0.15) is 0 Å². The average molecular weight is 337 g/mol. The lowest BCUT2D eigenvalue weighted by Gasteiger charge is -2.13. The molecule has 1 fully saturated rings. The zero-order chi connectivity index (χ0) is 16.8. The summed E-state index contributed by atoms with van der Waals surface area (Å²) in [6.45, 7) is 5.30. The number of carbonyl (C=O) groups excluding carboxylic acids is 1. The van der Waals surface area contributed by atoms with Gasteiger partial charge < -0.3 is 9.64 Å². The molecule has 4 nitrogen and oxygen atoms in total. The standard InChI is InChI=1S/C18H25ClN2O2/c1-4-21(3)12-20-17-9-13(2)15(10-16(17)19)18(22)23-11-14-7-5-6-8-14/h9-10,12,14H,4-8,11H2,1-3H3. The summed E-state index contributed by atoms with van der Waals surface area (Å²) < 4.78 is 5.46. The van der Waals surface area contributed by atoms with Crippen LogP contribution in [-0.4, -0.2) is 37.4 Å². The van der Waals surface area contributed by atoms with Crippen LogP contribution in [0, 0.1) is 12.8 Å². The number of hydrogen-bond donors (Lipinski definition) is 0. The maximum atomic E-state index is 12.3. The van der Waals surface area contributed by atoms with Gasteiger partial charge in [-0.3, -0.25) is 0 Å². The highest BCUT2D eigenvalue weighted by atomic mass is 35.5. The van der Waals surface area contributed by atoms with Crippen molar-refractivity contribution in [3.8, 4) is 0 Å². The molecular weight excluding hydrogens is 312 g/mol. The first-order chi connectivity index (χ1) is 11.0. The van der Waals surface area contributed by atoms with E-state index in [1.54, 1.807) is 12.4 Å². The Morgan fingerprint density at radius 2 is 2.13 bits per heavy atom. The number of benzene rings is 1. The number of aryl methyl sites for hydroxylation is 1. The van der Waals surface area contributed by atoms with Crippen molar-refractivity contribution in [2.75, 3.05) is 20.2 Å². The summed E-state index contributed by atoms with van der Waals surface area (Å²) in [6, 6.07) is 3.49. The maximum absolute atomic E-state index is 12.3. The number of rotatable bonds is 6. The van der Waals surface area contributed by atoms with Crippen LogP contribution in [0.25, 0.3) is 0 Å². The highest BCUT2D eigenvalue weighted by Gasteiger charge is 2.19. The van der Waals surface area contributed by atoms with Crippen LogP contribution in [0.15, 0.2) is 17.1 Å². The zero-order valence-corrected chi connectivity index (χ0v) is 14.9. The molecule has 1 saturated carbocycles. The third-order valence-corrected chi connectivity index (χ3v) is 4.63. The molecule has 0 amide bonds. The minimum absolute atomic E-state index is 0.294. The van der Waals surface area contributed by atoms with E-state index >= 15 is 0 Å². The topological polar surface area (TPSA) is 41.9 Å². The highest BCUT2D eigenvalue weighted by Crippen LogP contribution is 2.29. The van der Waals surface area contributed by atoms with E-state index in [0.717, 1.165) is 24.9 Å². The third-order valence-electron chi connectivity index (χ3n) is 4.33. The Kier molecular flexibility index (Phi) is 6.46.